The van der Waals surface area contributed by atoms with Crippen LogP contribution < -0.4 is 19.5 Å². The Bertz CT molecular complexity index is 1130. The first-order valence-electron chi connectivity index (χ1n) is 8.77. The number of ether oxygens (including phenoxy) is 2. The van der Waals surface area contributed by atoms with Gasteiger partial charge in [0.15, 0.2) is 11.5 Å². The van der Waals surface area contributed by atoms with Crippen LogP contribution in [0.25, 0.3) is 0 Å². The van der Waals surface area contributed by atoms with Gasteiger partial charge in [0.25, 0.3) is 10.0 Å². The predicted molar refractivity (Wildman–Crippen MR) is 109 cm³/mol. The van der Waals surface area contributed by atoms with Crippen molar-refractivity contribution in [3.8, 4) is 11.5 Å². The Morgan fingerprint density at radius 3 is 2.29 bits per heavy atom. The minimum Gasteiger partial charge on any atom is -0.454 e. The largest absolute Gasteiger partial charge is 0.454 e. The average molecular weight is 396 g/mol. The number of hydrogen-bond donors (Lipinski definition) is 2. The third-order valence-electron chi connectivity index (χ3n) is 4.45. The van der Waals surface area contributed by atoms with Gasteiger partial charge in [0, 0.05) is 23.1 Å². The number of aryl methyl sites for hydroxylation is 2. The third-order valence-corrected chi connectivity index (χ3v) is 5.83. The SMILES string of the molecule is Cc1ccc(Nc2ccc(NS(=O)(=O)c3ccc4c(c3)OCO4)cc2)c(C)c1. The minimum atomic E-state index is -3.72. The molecule has 0 radical (unpaired) electrons. The second-order valence-corrected chi connectivity index (χ2v) is 8.32. The summed E-state index contributed by atoms with van der Waals surface area (Å²) in [6.45, 7) is 4.20. The highest BCUT2D eigenvalue weighted by Gasteiger charge is 2.20. The molecular weight excluding hydrogens is 376 g/mol. The van der Waals surface area contributed by atoms with E-state index in [0.717, 1.165) is 16.9 Å². The zero-order valence-corrected chi connectivity index (χ0v) is 16.3. The maximum Gasteiger partial charge on any atom is 0.262 e. The molecule has 0 atom stereocenters. The summed E-state index contributed by atoms with van der Waals surface area (Å²) in [4.78, 5) is 0.120. The minimum absolute atomic E-state index is 0.0984. The lowest BCUT2D eigenvalue weighted by atomic mass is 10.1. The molecule has 0 fully saturated rings. The Balaban J connectivity index is 1.49. The quantitative estimate of drug-likeness (QED) is 0.660. The second kappa shape index (κ2) is 7.09. The van der Waals surface area contributed by atoms with Gasteiger partial charge in [-0.2, -0.15) is 0 Å². The lowest BCUT2D eigenvalue weighted by molar-refractivity contribution is 0.174. The van der Waals surface area contributed by atoms with Crippen molar-refractivity contribution in [2.24, 2.45) is 0 Å². The molecule has 3 aromatic carbocycles. The standard InChI is InChI=1S/C21H20N2O4S/c1-14-3-9-19(15(2)11-14)22-16-4-6-17(7-5-16)23-28(24,25)18-8-10-20-21(12-18)27-13-26-20/h3-12,22-23H,13H2,1-2H3. The van der Waals surface area contributed by atoms with E-state index in [-0.39, 0.29) is 11.7 Å². The van der Waals surface area contributed by atoms with Crippen molar-refractivity contribution >= 4 is 27.1 Å². The zero-order valence-electron chi connectivity index (χ0n) is 15.5. The zero-order chi connectivity index (χ0) is 19.7. The fourth-order valence-corrected chi connectivity index (χ4v) is 4.06. The van der Waals surface area contributed by atoms with Crippen LogP contribution in [-0.4, -0.2) is 15.2 Å². The van der Waals surface area contributed by atoms with Crippen molar-refractivity contribution < 1.29 is 17.9 Å². The van der Waals surface area contributed by atoms with E-state index in [1.54, 1.807) is 18.2 Å². The van der Waals surface area contributed by atoms with Crippen molar-refractivity contribution in [3.05, 3.63) is 71.8 Å². The number of fused-ring (bicyclic) bond motifs is 1. The molecule has 2 N–H and O–H groups in total. The highest BCUT2D eigenvalue weighted by molar-refractivity contribution is 7.92. The maximum absolute atomic E-state index is 12.6. The molecule has 0 amide bonds. The van der Waals surface area contributed by atoms with Gasteiger partial charge in [0.1, 0.15) is 0 Å². The van der Waals surface area contributed by atoms with E-state index >= 15 is 0 Å². The van der Waals surface area contributed by atoms with Crippen LogP contribution in [0.15, 0.2) is 65.6 Å². The summed E-state index contributed by atoms with van der Waals surface area (Å²) < 4.78 is 38.3. The molecule has 0 unspecified atom stereocenters. The van der Waals surface area contributed by atoms with Gasteiger partial charge in [0.05, 0.1) is 4.90 Å². The highest BCUT2D eigenvalue weighted by atomic mass is 32.2. The molecule has 0 bridgehead atoms. The topological polar surface area (TPSA) is 76.7 Å². The van der Waals surface area contributed by atoms with Crippen LogP contribution in [0, 0.1) is 13.8 Å². The maximum atomic E-state index is 12.6. The lowest BCUT2D eigenvalue weighted by Gasteiger charge is -2.12. The molecule has 3 aromatic rings. The van der Waals surface area contributed by atoms with Crippen molar-refractivity contribution in [1.82, 2.24) is 0 Å². The van der Waals surface area contributed by atoms with Crippen LogP contribution in [-0.2, 0) is 10.0 Å². The molecule has 7 heteroatoms. The number of anilines is 3. The van der Waals surface area contributed by atoms with E-state index in [9.17, 15) is 8.42 Å². The predicted octanol–water partition coefficient (Wildman–Crippen LogP) is 4.58. The van der Waals surface area contributed by atoms with E-state index in [2.05, 4.69) is 23.0 Å². The van der Waals surface area contributed by atoms with E-state index in [1.165, 1.54) is 17.7 Å². The van der Waals surface area contributed by atoms with E-state index < -0.39 is 10.0 Å². The number of nitrogens with one attached hydrogen (secondary N) is 2. The van der Waals surface area contributed by atoms with Gasteiger partial charge in [-0.3, -0.25) is 4.72 Å². The third kappa shape index (κ3) is 3.75. The van der Waals surface area contributed by atoms with E-state index in [4.69, 9.17) is 9.47 Å². The van der Waals surface area contributed by atoms with Crippen LogP contribution in [0.2, 0.25) is 0 Å². The molecule has 0 aromatic heterocycles. The summed E-state index contributed by atoms with van der Waals surface area (Å²) in [6.07, 6.45) is 0. The number of hydrogen-bond acceptors (Lipinski definition) is 5. The fourth-order valence-electron chi connectivity index (χ4n) is 2.99. The highest BCUT2D eigenvalue weighted by Crippen LogP contribution is 2.34. The number of sulfonamides is 1. The Morgan fingerprint density at radius 2 is 1.54 bits per heavy atom. The van der Waals surface area contributed by atoms with Crippen LogP contribution in [0.1, 0.15) is 11.1 Å². The first-order valence-corrected chi connectivity index (χ1v) is 10.3. The monoisotopic (exact) mass is 396 g/mol. The van der Waals surface area contributed by atoms with E-state index in [0.29, 0.717) is 17.2 Å². The van der Waals surface area contributed by atoms with E-state index in [1.807, 2.05) is 31.2 Å². The Labute approximate surface area is 164 Å². The van der Waals surface area contributed by atoms with Gasteiger partial charge in [0.2, 0.25) is 6.79 Å². The van der Waals surface area contributed by atoms with Crippen LogP contribution in [0.3, 0.4) is 0 Å². The normalized spacial score (nSPS) is 12.6. The van der Waals surface area contributed by atoms with Crippen LogP contribution in [0.5, 0.6) is 11.5 Å². The second-order valence-electron chi connectivity index (χ2n) is 6.64. The molecule has 1 aliphatic heterocycles. The van der Waals surface area contributed by atoms with Crippen LogP contribution >= 0.6 is 0 Å². The molecule has 0 saturated heterocycles. The number of rotatable bonds is 5. The molecular formula is C21H20N2O4S. The van der Waals surface area contributed by atoms with Crippen molar-refractivity contribution in [2.75, 3.05) is 16.8 Å². The smallest absolute Gasteiger partial charge is 0.262 e. The lowest BCUT2D eigenvalue weighted by Crippen LogP contribution is -2.12. The molecule has 28 heavy (non-hydrogen) atoms. The summed E-state index contributed by atoms with van der Waals surface area (Å²) in [5, 5.41) is 3.34. The molecule has 144 valence electrons. The summed E-state index contributed by atoms with van der Waals surface area (Å²) in [7, 11) is -3.72. The molecule has 6 nitrogen and oxygen atoms in total. The molecule has 0 aliphatic carbocycles. The van der Waals surface area contributed by atoms with Gasteiger partial charge in [-0.1, -0.05) is 17.7 Å². The fraction of sp³-hybridized carbons (Fsp3) is 0.143. The summed E-state index contributed by atoms with van der Waals surface area (Å²) in [5.74, 6) is 0.969. The molecule has 1 aliphatic rings. The van der Waals surface area contributed by atoms with Gasteiger partial charge in [-0.15, -0.1) is 0 Å². The average Bonchev–Trinajstić information content (AvgIpc) is 3.13. The Hall–Kier alpha value is -3.19. The van der Waals surface area contributed by atoms with Crippen molar-refractivity contribution in [1.29, 1.82) is 0 Å². The van der Waals surface area contributed by atoms with Crippen LogP contribution in [0.4, 0.5) is 17.1 Å². The molecule has 0 saturated carbocycles. The van der Waals surface area contributed by atoms with Gasteiger partial charge >= 0.3 is 0 Å². The molecule has 1 heterocycles. The summed E-state index contributed by atoms with van der Waals surface area (Å²) >= 11 is 0. The Morgan fingerprint density at radius 1 is 0.821 bits per heavy atom. The molecule has 0 spiro atoms. The first-order chi connectivity index (χ1) is 13.4. The first kappa shape index (κ1) is 18.2. The summed E-state index contributed by atoms with van der Waals surface area (Å²) in [5.41, 5.74) is 4.71. The Kier molecular flexibility index (Phi) is 4.60. The van der Waals surface area contributed by atoms with Gasteiger partial charge < -0.3 is 14.8 Å². The van der Waals surface area contributed by atoms with Crippen molar-refractivity contribution in [2.45, 2.75) is 18.7 Å². The summed E-state index contributed by atoms with van der Waals surface area (Å²) in [6, 6.07) is 17.8. The van der Waals surface area contributed by atoms with Crippen molar-refractivity contribution in [3.63, 3.8) is 0 Å². The number of benzene rings is 3. The van der Waals surface area contributed by atoms with Gasteiger partial charge in [-0.25, -0.2) is 8.42 Å². The van der Waals surface area contributed by atoms with Gasteiger partial charge in [-0.05, 0) is 61.9 Å². The molecule has 4 rings (SSSR count).